The Morgan fingerprint density at radius 2 is 2.10 bits per heavy atom. The number of hydrogen-bond donors (Lipinski definition) is 1. The molecule has 0 amide bonds. The Bertz CT molecular complexity index is 666. The van der Waals surface area contributed by atoms with Crippen LogP contribution in [0.15, 0.2) is 46.0 Å². The number of carboxylic acids is 1. The maximum atomic E-state index is 12.3. The lowest BCUT2D eigenvalue weighted by molar-refractivity contribution is -0.137. The predicted octanol–water partition coefficient (Wildman–Crippen LogP) is 2.38. The van der Waals surface area contributed by atoms with E-state index in [4.69, 9.17) is 5.11 Å². The highest BCUT2D eigenvalue weighted by Gasteiger charge is 2.30. The van der Waals surface area contributed by atoms with E-state index < -0.39 is 17.7 Å². The van der Waals surface area contributed by atoms with Crippen molar-refractivity contribution >= 4 is 23.5 Å². The number of carboxylic acid groups (broad SMARTS) is 1. The summed E-state index contributed by atoms with van der Waals surface area (Å²) in [6, 6.07) is 1.90. The molecule has 0 radical (unpaired) electrons. The van der Waals surface area contributed by atoms with Gasteiger partial charge in [0, 0.05) is 12.3 Å². The first kappa shape index (κ1) is 13.7. The van der Waals surface area contributed by atoms with E-state index in [1.165, 1.54) is 0 Å². The zero-order valence-electron chi connectivity index (χ0n) is 9.72. The average molecular weight is 281 g/mol. The Morgan fingerprint density at radius 3 is 2.65 bits per heavy atom. The molecule has 0 aromatic carbocycles. The third kappa shape index (κ3) is 3.18. The van der Waals surface area contributed by atoms with Crippen LogP contribution in [0.1, 0.15) is 5.56 Å². The summed E-state index contributed by atoms with van der Waals surface area (Å²) in [6.45, 7) is 0. The molecule has 1 aromatic rings. The van der Waals surface area contributed by atoms with E-state index in [0.29, 0.717) is 6.20 Å². The second-order valence-electron chi connectivity index (χ2n) is 3.66. The van der Waals surface area contributed by atoms with Gasteiger partial charge in [0.05, 0.1) is 11.1 Å². The number of rotatable bonds is 2. The summed E-state index contributed by atoms with van der Waals surface area (Å²) in [6.07, 6.45) is -1.51. The van der Waals surface area contributed by atoms with Gasteiger partial charge >= 0.3 is 12.1 Å². The smallest absolute Gasteiger partial charge is 0.417 e. The molecule has 20 heavy (non-hydrogen) atoms. The summed E-state index contributed by atoms with van der Waals surface area (Å²) < 4.78 is 37.0. The standard InChI is InChI=1S/C12H6F3N3O2/c13-12(14,15)8-1-2-9(17-6-8)18-10-5-7(11(19)20)3-4-16-10/h1-3,5-6H,(H,19,20). The van der Waals surface area contributed by atoms with Crippen molar-refractivity contribution < 1.29 is 23.1 Å². The van der Waals surface area contributed by atoms with Crippen LogP contribution >= 0.6 is 0 Å². The molecular weight excluding hydrogens is 275 g/mol. The fourth-order valence-electron chi connectivity index (χ4n) is 1.30. The Labute approximate surface area is 110 Å². The Hall–Kier alpha value is -2.73. The van der Waals surface area contributed by atoms with Gasteiger partial charge in [0.2, 0.25) is 0 Å². The molecule has 0 bridgehead atoms. The SMILES string of the molecule is O=C(O)C1=CC(=Nc2ccc(C(F)(F)F)cn2)N=C=C1. The molecular formula is C12H6F3N3O2. The lowest BCUT2D eigenvalue weighted by atomic mass is 10.2. The monoisotopic (exact) mass is 281 g/mol. The van der Waals surface area contributed by atoms with Crippen molar-refractivity contribution in [1.82, 2.24) is 4.98 Å². The number of pyridine rings is 1. The summed E-state index contributed by atoms with van der Waals surface area (Å²) in [7, 11) is 0. The zero-order valence-corrected chi connectivity index (χ0v) is 9.72. The number of alkyl halides is 3. The normalized spacial score (nSPS) is 16.4. The van der Waals surface area contributed by atoms with Crippen molar-refractivity contribution in [2.45, 2.75) is 6.18 Å². The van der Waals surface area contributed by atoms with E-state index >= 15 is 0 Å². The van der Waals surface area contributed by atoms with Crippen LogP contribution < -0.4 is 0 Å². The maximum Gasteiger partial charge on any atom is 0.417 e. The fourth-order valence-corrected chi connectivity index (χ4v) is 1.30. The first-order valence-corrected chi connectivity index (χ1v) is 5.22. The number of nitrogens with zero attached hydrogens (tertiary/aromatic N) is 3. The van der Waals surface area contributed by atoms with Crippen molar-refractivity contribution in [3.63, 3.8) is 0 Å². The van der Waals surface area contributed by atoms with Gasteiger partial charge in [-0.05, 0) is 24.1 Å². The summed E-state index contributed by atoms with van der Waals surface area (Å²) in [5.41, 5.74) is -0.971. The van der Waals surface area contributed by atoms with Crippen LogP contribution in [-0.4, -0.2) is 27.8 Å². The summed E-state index contributed by atoms with van der Waals surface area (Å²) >= 11 is 0. The molecule has 0 unspecified atom stereocenters. The van der Waals surface area contributed by atoms with Gasteiger partial charge < -0.3 is 5.11 Å². The molecule has 1 aliphatic rings. The third-order valence-corrected chi connectivity index (χ3v) is 2.23. The zero-order chi connectivity index (χ0) is 14.8. The second kappa shape index (κ2) is 5.10. The molecule has 2 heterocycles. The van der Waals surface area contributed by atoms with Crippen LogP contribution in [0.2, 0.25) is 0 Å². The van der Waals surface area contributed by atoms with Crippen molar-refractivity contribution in [2.75, 3.05) is 0 Å². The third-order valence-electron chi connectivity index (χ3n) is 2.23. The summed E-state index contributed by atoms with van der Waals surface area (Å²) in [4.78, 5) is 21.8. The lowest BCUT2D eigenvalue weighted by Gasteiger charge is -2.05. The molecule has 8 heteroatoms. The van der Waals surface area contributed by atoms with Crippen molar-refractivity contribution in [3.8, 4) is 0 Å². The van der Waals surface area contributed by atoms with Crippen LogP contribution in [0.3, 0.4) is 0 Å². The summed E-state index contributed by atoms with van der Waals surface area (Å²) in [5, 5.41) is 8.77. The van der Waals surface area contributed by atoms with E-state index in [0.717, 1.165) is 24.3 Å². The first-order chi connectivity index (χ1) is 9.36. The van der Waals surface area contributed by atoms with Crippen LogP contribution in [0.5, 0.6) is 0 Å². The highest BCUT2D eigenvalue weighted by Crippen LogP contribution is 2.29. The highest BCUT2D eigenvalue weighted by molar-refractivity contribution is 6.08. The van der Waals surface area contributed by atoms with E-state index in [-0.39, 0.29) is 17.2 Å². The minimum atomic E-state index is -4.47. The Morgan fingerprint density at radius 1 is 1.35 bits per heavy atom. The number of amidine groups is 1. The molecule has 0 fully saturated rings. The molecule has 0 saturated carbocycles. The van der Waals surface area contributed by atoms with E-state index in [9.17, 15) is 18.0 Å². The Kier molecular flexibility index (Phi) is 3.49. The highest BCUT2D eigenvalue weighted by atomic mass is 19.4. The van der Waals surface area contributed by atoms with Gasteiger partial charge in [-0.15, -0.1) is 0 Å². The van der Waals surface area contributed by atoms with Crippen LogP contribution in [-0.2, 0) is 11.0 Å². The topological polar surface area (TPSA) is 74.9 Å². The van der Waals surface area contributed by atoms with Crippen molar-refractivity contribution in [3.05, 3.63) is 41.6 Å². The molecule has 102 valence electrons. The van der Waals surface area contributed by atoms with Gasteiger partial charge in [0.25, 0.3) is 0 Å². The number of hydrogen-bond acceptors (Lipinski definition) is 3. The van der Waals surface area contributed by atoms with Gasteiger partial charge in [0.1, 0.15) is 0 Å². The van der Waals surface area contributed by atoms with E-state index in [1.54, 1.807) is 0 Å². The number of carbonyl (C=O) groups is 1. The van der Waals surface area contributed by atoms with E-state index in [1.807, 2.05) is 0 Å². The van der Waals surface area contributed by atoms with Gasteiger partial charge in [-0.2, -0.15) is 18.2 Å². The molecule has 0 atom stereocenters. The first-order valence-electron chi connectivity index (χ1n) is 5.22. The quantitative estimate of drug-likeness (QED) is 0.904. The maximum absolute atomic E-state index is 12.3. The average Bonchev–Trinajstić information content (AvgIpc) is 2.38. The molecule has 0 aliphatic carbocycles. The molecule has 1 N–H and O–H groups in total. The largest absolute Gasteiger partial charge is 0.478 e. The fraction of sp³-hybridized carbons (Fsp3) is 0.0833. The van der Waals surface area contributed by atoms with E-state index in [2.05, 4.69) is 20.8 Å². The molecule has 5 nitrogen and oxygen atoms in total. The molecule has 1 aromatic heterocycles. The molecule has 0 spiro atoms. The molecule has 2 rings (SSSR count). The van der Waals surface area contributed by atoms with Gasteiger partial charge in [-0.1, -0.05) is 0 Å². The summed E-state index contributed by atoms with van der Waals surface area (Å²) in [5.74, 6) is 1.14. The second-order valence-corrected chi connectivity index (χ2v) is 3.66. The van der Waals surface area contributed by atoms with Gasteiger partial charge in [-0.25, -0.2) is 14.8 Å². The lowest BCUT2D eigenvalue weighted by Crippen LogP contribution is -2.05. The number of aliphatic imine (C=N–C) groups is 2. The number of halogens is 3. The van der Waals surface area contributed by atoms with Crippen molar-refractivity contribution in [2.24, 2.45) is 9.98 Å². The minimum absolute atomic E-state index is 0.00263. The number of aromatic nitrogens is 1. The minimum Gasteiger partial charge on any atom is -0.478 e. The number of aliphatic carboxylic acids is 1. The molecule has 0 saturated heterocycles. The predicted molar refractivity (Wildman–Crippen MR) is 64.1 cm³/mol. The Balaban J connectivity index is 2.29. The van der Waals surface area contributed by atoms with Crippen LogP contribution in [0.4, 0.5) is 19.0 Å². The molecule has 1 aliphatic heterocycles. The van der Waals surface area contributed by atoms with Crippen LogP contribution in [0, 0.1) is 0 Å². The van der Waals surface area contributed by atoms with Gasteiger partial charge in [0.15, 0.2) is 11.7 Å². The van der Waals surface area contributed by atoms with Gasteiger partial charge in [-0.3, -0.25) is 0 Å². The van der Waals surface area contributed by atoms with Crippen molar-refractivity contribution in [1.29, 1.82) is 0 Å². The van der Waals surface area contributed by atoms with Crippen LogP contribution in [0.25, 0.3) is 0 Å².